The quantitative estimate of drug-likeness (QED) is 0.691. The van der Waals surface area contributed by atoms with Gasteiger partial charge in [0.1, 0.15) is 17.2 Å². The van der Waals surface area contributed by atoms with Crippen molar-refractivity contribution in [1.82, 2.24) is 14.8 Å². The summed E-state index contributed by atoms with van der Waals surface area (Å²) in [5.41, 5.74) is 3.14. The average Bonchev–Trinajstić information content (AvgIpc) is 2.95. The van der Waals surface area contributed by atoms with E-state index in [-0.39, 0.29) is 11.0 Å². The number of aromatic carboxylic acids is 1. The lowest BCUT2D eigenvalue weighted by Crippen LogP contribution is -2.10. The molecule has 0 saturated heterocycles. The zero-order valence-corrected chi connectivity index (χ0v) is 16.0. The maximum absolute atomic E-state index is 11.5. The number of rotatable bonds is 5. The van der Waals surface area contributed by atoms with Gasteiger partial charge < -0.3 is 10.4 Å². The monoisotopic (exact) mass is 364 g/mol. The Morgan fingerprint density at radius 3 is 2.59 bits per heavy atom. The van der Waals surface area contributed by atoms with Crippen molar-refractivity contribution in [3.05, 3.63) is 65.5 Å². The van der Waals surface area contributed by atoms with E-state index in [9.17, 15) is 9.90 Å². The number of carbonyl (C=O) groups is 1. The first-order chi connectivity index (χ1) is 12.7. The number of para-hydroxylation sites is 1. The van der Waals surface area contributed by atoms with Crippen molar-refractivity contribution >= 4 is 17.6 Å². The van der Waals surface area contributed by atoms with Crippen molar-refractivity contribution in [2.45, 2.75) is 34.1 Å². The molecule has 3 aromatic rings. The van der Waals surface area contributed by atoms with Gasteiger partial charge in [-0.15, -0.1) is 0 Å². The van der Waals surface area contributed by atoms with Crippen LogP contribution >= 0.6 is 0 Å². The first-order valence-electron chi connectivity index (χ1n) is 8.85. The van der Waals surface area contributed by atoms with Crippen LogP contribution in [0, 0.1) is 12.3 Å². The molecule has 0 fully saturated rings. The number of aromatic nitrogens is 3. The molecule has 2 heterocycles. The normalized spacial score (nSPS) is 11.4. The summed E-state index contributed by atoms with van der Waals surface area (Å²) in [4.78, 5) is 15.7. The van der Waals surface area contributed by atoms with Crippen LogP contribution in [0.5, 0.6) is 0 Å². The topological polar surface area (TPSA) is 80.0 Å². The summed E-state index contributed by atoms with van der Waals surface area (Å²) in [6.45, 7) is 8.50. The summed E-state index contributed by atoms with van der Waals surface area (Å²) >= 11 is 0. The van der Waals surface area contributed by atoms with Gasteiger partial charge in [0.15, 0.2) is 0 Å². The number of pyridine rings is 1. The van der Waals surface area contributed by atoms with Gasteiger partial charge in [-0.1, -0.05) is 39.0 Å². The van der Waals surface area contributed by atoms with Crippen LogP contribution in [0.4, 0.5) is 11.6 Å². The molecule has 3 rings (SSSR count). The van der Waals surface area contributed by atoms with Gasteiger partial charge in [-0.2, -0.15) is 5.10 Å². The second-order valence-electron chi connectivity index (χ2n) is 7.79. The molecule has 0 aliphatic rings. The van der Waals surface area contributed by atoms with Crippen LogP contribution in [0.25, 0.3) is 5.69 Å². The lowest BCUT2D eigenvalue weighted by atomic mass is 9.91. The molecule has 0 spiro atoms. The minimum atomic E-state index is -1.03. The van der Waals surface area contributed by atoms with Crippen molar-refractivity contribution in [2.75, 3.05) is 5.32 Å². The van der Waals surface area contributed by atoms with E-state index in [1.54, 1.807) is 12.3 Å². The Kier molecular flexibility index (Phi) is 4.99. The molecule has 0 atom stereocenters. The molecule has 27 heavy (non-hydrogen) atoms. The van der Waals surface area contributed by atoms with Crippen LogP contribution in [-0.2, 0) is 6.42 Å². The lowest BCUT2D eigenvalue weighted by Gasteiger charge is -2.15. The molecule has 2 aromatic heterocycles. The van der Waals surface area contributed by atoms with Crippen LogP contribution in [0.15, 0.2) is 48.7 Å². The Morgan fingerprint density at radius 2 is 1.93 bits per heavy atom. The van der Waals surface area contributed by atoms with Crippen molar-refractivity contribution in [3.63, 3.8) is 0 Å². The van der Waals surface area contributed by atoms with Crippen LogP contribution in [0.3, 0.4) is 0 Å². The second-order valence-corrected chi connectivity index (χ2v) is 7.79. The van der Waals surface area contributed by atoms with Gasteiger partial charge in [-0.25, -0.2) is 14.5 Å². The third kappa shape index (κ3) is 4.34. The van der Waals surface area contributed by atoms with Gasteiger partial charge in [-0.3, -0.25) is 0 Å². The predicted octanol–water partition coefficient (Wildman–Crippen LogP) is 4.61. The number of carboxylic acid groups (broad SMARTS) is 1. The van der Waals surface area contributed by atoms with Crippen molar-refractivity contribution < 1.29 is 9.90 Å². The smallest absolute Gasteiger partial charge is 0.339 e. The van der Waals surface area contributed by atoms with E-state index in [2.05, 4.69) is 31.1 Å². The van der Waals surface area contributed by atoms with Gasteiger partial charge in [0, 0.05) is 12.3 Å². The molecule has 0 bridgehead atoms. The molecule has 1 aromatic carbocycles. The van der Waals surface area contributed by atoms with Gasteiger partial charge in [0.05, 0.1) is 11.4 Å². The second kappa shape index (κ2) is 7.23. The highest BCUT2D eigenvalue weighted by Crippen LogP contribution is 2.27. The van der Waals surface area contributed by atoms with E-state index in [1.165, 1.54) is 6.07 Å². The fraction of sp³-hybridized carbons (Fsp3) is 0.286. The number of carboxylic acids is 1. The van der Waals surface area contributed by atoms with E-state index in [1.807, 2.05) is 41.9 Å². The van der Waals surface area contributed by atoms with Gasteiger partial charge in [0.2, 0.25) is 0 Å². The SMILES string of the molecule is Cc1ccccc1-n1nc(CC(C)(C)C)cc1Nc1ncccc1C(=O)O. The Bertz CT molecular complexity index is 970. The number of benzene rings is 1. The standard InChI is InChI=1S/C21H24N4O2/c1-14-8-5-6-10-17(14)25-18(12-15(24-25)13-21(2,3)4)23-19-16(20(26)27)9-7-11-22-19/h5-12H,13H2,1-4H3,(H,22,23)(H,26,27). The molecule has 0 saturated carbocycles. The van der Waals surface area contributed by atoms with Gasteiger partial charge in [-0.05, 0) is 42.5 Å². The average molecular weight is 364 g/mol. The highest BCUT2D eigenvalue weighted by molar-refractivity contribution is 5.93. The zero-order chi connectivity index (χ0) is 19.6. The Labute approximate surface area is 158 Å². The van der Waals surface area contributed by atoms with E-state index in [0.717, 1.165) is 23.4 Å². The minimum Gasteiger partial charge on any atom is -0.478 e. The molecule has 0 amide bonds. The summed E-state index contributed by atoms with van der Waals surface area (Å²) in [6.07, 6.45) is 2.37. The zero-order valence-electron chi connectivity index (χ0n) is 16.0. The first kappa shape index (κ1) is 18.6. The molecular formula is C21H24N4O2. The predicted molar refractivity (Wildman–Crippen MR) is 106 cm³/mol. The third-order valence-corrected chi connectivity index (χ3v) is 4.10. The van der Waals surface area contributed by atoms with E-state index in [4.69, 9.17) is 5.10 Å². The highest BCUT2D eigenvalue weighted by Gasteiger charge is 2.19. The van der Waals surface area contributed by atoms with Crippen molar-refractivity contribution in [2.24, 2.45) is 5.41 Å². The van der Waals surface area contributed by atoms with Crippen LogP contribution in [0.2, 0.25) is 0 Å². The number of nitrogens with one attached hydrogen (secondary N) is 1. The summed E-state index contributed by atoms with van der Waals surface area (Å²) in [5, 5.41) is 17.4. The number of nitrogens with zero attached hydrogens (tertiary/aromatic N) is 3. The van der Waals surface area contributed by atoms with E-state index >= 15 is 0 Å². The van der Waals surface area contributed by atoms with Gasteiger partial charge in [0.25, 0.3) is 0 Å². The van der Waals surface area contributed by atoms with E-state index in [0.29, 0.717) is 11.6 Å². The maximum Gasteiger partial charge on any atom is 0.339 e. The number of hydrogen-bond donors (Lipinski definition) is 2. The largest absolute Gasteiger partial charge is 0.478 e. The number of hydrogen-bond acceptors (Lipinski definition) is 4. The Balaban J connectivity index is 2.08. The maximum atomic E-state index is 11.5. The molecule has 6 nitrogen and oxygen atoms in total. The third-order valence-electron chi connectivity index (χ3n) is 4.10. The van der Waals surface area contributed by atoms with Crippen LogP contribution in [0.1, 0.15) is 42.4 Å². The summed E-state index contributed by atoms with van der Waals surface area (Å²) in [7, 11) is 0. The molecule has 6 heteroatoms. The Morgan fingerprint density at radius 1 is 1.19 bits per heavy atom. The number of aryl methyl sites for hydroxylation is 1. The minimum absolute atomic E-state index is 0.0827. The summed E-state index contributed by atoms with van der Waals surface area (Å²) in [6, 6.07) is 13.0. The number of anilines is 2. The lowest BCUT2D eigenvalue weighted by molar-refractivity contribution is 0.0697. The van der Waals surface area contributed by atoms with Crippen LogP contribution in [-0.4, -0.2) is 25.8 Å². The van der Waals surface area contributed by atoms with E-state index < -0.39 is 5.97 Å². The molecule has 2 N–H and O–H groups in total. The Hall–Kier alpha value is -3.15. The fourth-order valence-corrected chi connectivity index (χ4v) is 2.93. The fourth-order valence-electron chi connectivity index (χ4n) is 2.93. The van der Waals surface area contributed by atoms with Crippen LogP contribution < -0.4 is 5.32 Å². The molecule has 140 valence electrons. The van der Waals surface area contributed by atoms with Crippen molar-refractivity contribution in [1.29, 1.82) is 0 Å². The summed E-state index contributed by atoms with van der Waals surface area (Å²) in [5.74, 6) is -0.0470. The first-order valence-corrected chi connectivity index (χ1v) is 8.85. The molecular weight excluding hydrogens is 340 g/mol. The highest BCUT2D eigenvalue weighted by atomic mass is 16.4. The molecule has 0 aliphatic carbocycles. The van der Waals surface area contributed by atoms with Crippen molar-refractivity contribution in [3.8, 4) is 5.69 Å². The molecule has 0 unspecified atom stereocenters. The molecule has 0 radical (unpaired) electrons. The molecule has 0 aliphatic heterocycles. The summed E-state index contributed by atoms with van der Waals surface area (Å²) < 4.78 is 1.82. The van der Waals surface area contributed by atoms with Gasteiger partial charge >= 0.3 is 5.97 Å².